The molecule has 0 bridgehead atoms. The third-order valence-electron chi connectivity index (χ3n) is 2.43. The number of thiophene rings is 1. The molecule has 1 atom stereocenters. The Kier molecular flexibility index (Phi) is 4.01. The van der Waals surface area contributed by atoms with Crippen LogP contribution in [-0.2, 0) is 10.0 Å². The minimum Gasteiger partial charge on any atom is -0.315 e. The van der Waals surface area contributed by atoms with Gasteiger partial charge in [0.2, 0.25) is 10.0 Å². The molecule has 0 aromatic carbocycles. The van der Waals surface area contributed by atoms with Crippen molar-refractivity contribution in [1.82, 2.24) is 10.0 Å². The van der Waals surface area contributed by atoms with Crippen molar-refractivity contribution in [2.45, 2.75) is 23.1 Å². The smallest absolute Gasteiger partial charge is 0.250 e. The molecule has 0 unspecified atom stereocenters. The molecular weight excluding hydrogens is 312 g/mol. The molecule has 1 aliphatic rings. The first-order valence-electron chi connectivity index (χ1n) is 5.06. The quantitative estimate of drug-likeness (QED) is 0.886. The molecule has 0 amide bonds. The first-order chi connectivity index (χ1) is 7.58. The van der Waals surface area contributed by atoms with Gasteiger partial charge < -0.3 is 5.32 Å². The number of nitrogens with one attached hydrogen (secondary N) is 2. The van der Waals surface area contributed by atoms with E-state index in [4.69, 9.17) is 0 Å². The zero-order chi connectivity index (χ0) is 11.6. The molecule has 2 rings (SSSR count). The monoisotopic (exact) mass is 324 g/mol. The van der Waals surface area contributed by atoms with Gasteiger partial charge in [-0.15, -0.1) is 11.3 Å². The lowest BCUT2D eigenvalue weighted by Gasteiger charge is -2.23. The average Bonchev–Trinajstić information content (AvgIpc) is 2.66. The number of hydrogen-bond donors (Lipinski definition) is 2. The van der Waals surface area contributed by atoms with E-state index in [2.05, 4.69) is 26.0 Å². The summed E-state index contributed by atoms with van der Waals surface area (Å²) < 4.78 is 27.8. The summed E-state index contributed by atoms with van der Waals surface area (Å²) in [7, 11) is -3.34. The number of sulfonamides is 1. The molecule has 1 aromatic rings. The second kappa shape index (κ2) is 5.14. The lowest BCUT2D eigenvalue weighted by molar-refractivity contribution is 0.429. The lowest BCUT2D eigenvalue weighted by atomic mass is 10.1. The van der Waals surface area contributed by atoms with E-state index in [-0.39, 0.29) is 6.04 Å². The van der Waals surface area contributed by atoms with Gasteiger partial charge in [-0.2, -0.15) is 0 Å². The van der Waals surface area contributed by atoms with E-state index in [0.29, 0.717) is 10.8 Å². The van der Waals surface area contributed by atoms with Crippen molar-refractivity contribution < 1.29 is 8.42 Å². The van der Waals surface area contributed by atoms with Gasteiger partial charge in [-0.1, -0.05) is 0 Å². The van der Waals surface area contributed by atoms with E-state index < -0.39 is 10.0 Å². The Balaban J connectivity index is 2.07. The van der Waals surface area contributed by atoms with E-state index in [0.717, 1.165) is 23.2 Å². The Labute approximate surface area is 108 Å². The third-order valence-corrected chi connectivity index (χ3v) is 6.07. The highest BCUT2D eigenvalue weighted by atomic mass is 79.9. The van der Waals surface area contributed by atoms with Crippen molar-refractivity contribution >= 4 is 37.3 Å². The standard InChI is InChI=1S/C9H13BrN2O2S2/c10-8-3-4-9(15-8)16(13,14)12-7-2-1-5-11-6-7/h3-4,7,11-12H,1-2,5-6H2/t7-/m1/s1. The van der Waals surface area contributed by atoms with Gasteiger partial charge in [-0.25, -0.2) is 13.1 Å². The third kappa shape index (κ3) is 3.04. The molecule has 7 heteroatoms. The summed E-state index contributed by atoms with van der Waals surface area (Å²) in [6.45, 7) is 1.69. The summed E-state index contributed by atoms with van der Waals surface area (Å²) in [6.07, 6.45) is 1.92. The van der Waals surface area contributed by atoms with Crippen LogP contribution in [0.3, 0.4) is 0 Å². The summed E-state index contributed by atoms with van der Waals surface area (Å²) in [5, 5.41) is 3.18. The second-order valence-corrected chi connectivity index (χ2v) is 8.13. The molecule has 0 saturated carbocycles. The highest BCUT2D eigenvalue weighted by Crippen LogP contribution is 2.26. The Hall–Kier alpha value is 0.0500. The SMILES string of the molecule is O=S(=O)(N[C@@H]1CCCNC1)c1ccc(Br)s1. The van der Waals surface area contributed by atoms with E-state index >= 15 is 0 Å². The Morgan fingerprint density at radius 2 is 2.31 bits per heavy atom. The van der Waals surface area contributed by atoms with Crippen LogP contribution in [0.5, 0.6) is 0 Å². The van der Waals surface area contributed by atoms with Gasteiger partial charge in [0, 0.05) is 12.6 Å². The zero-order valence-corrected chi connectivity index (χ0v) is 11.8. The molecule has 1 saturated heterocycles. The van der Waals surface area contributed by atoms with E-state index in [1.165, 1.54) is 11.3 Å². The second-order valence-electron chi connectivity index (χ2n) is 3.72. The largest absolute Gasteiger partial charge is 0.315 e. The molecule has 1 aromatic heterocycles. The van der Waals surface area contributed by atoms with Gasteiger partial charge in [0.15, 0.2) is 0 Å². The van der Waals surface area contributed by atoms with Crippen LogP contribution < -0.4 is 10.0 Å². The minimum atomic E-state index is -3.34. The van der Waals surface area contributed by atoms with Gasteiger partial charge in [0.05, 0.1) is 3.79 Å². The van der Waals surface area contributed by atoms with Gasteiger partial charge in [0.25, 0.3) is 0 Å². The Morgan fingerprint density at radius 3 is 2.88 bits per heavy atom. The van der Waals surface area contributed by atoms with E-state index in [1.807, 2.05) is 0 Å². The predicted molar refractivity (Wildman–Crippen MR) is 68.2 cm³/mol. The average molecular weight is 325 g/mol. The number of halogens is 1. The molecule has 4 nitrogen and oxygen atoms in total. The highest BCUT2D eigenvalue weighted by molar-refractivity contribution is 9.11. The van der Waals surface area contributed by atoms with Crippen LogP contribution in [0, 0.1) is 0 Å². The molecule has 90 valence electrons. The van der Waals surface area contributed by atoms with E-state index in [9.17, 15) is 8.42 Å². The molecule has 0 spiro atoms. The molecule has 1 aliphatic heterocycles. The van der Waals surface area contributed by atoms with Gasteiger partial charge in [0.1, 0.15) is 4.21 Å². The van der Waals surface area contributed by atoms with Crippen LogP contribution in [0.15, 0.2) is 20.1 Å². The van der Waals surface area contributed by atoms with Gasteiger partial charge in [-0.3, -0.25) is 0 Å². The van der Waals surface area contributed by atoms with Crippen molar-refractivity contribution in [3.63, 3.8) is 0 Å². The number of rotatable bonds is 3. The topological polar surface area (TPSA) is 58.2 Å². The number of piperidine rings is 1. The molecule has 0 radical (unpaired) electrons. The molecule has 0 aliphatic carbocycles. The number of hydrogen-bond acceptors (Lipinski definition) is 4. The van der Waals surface area contributed by atoms with Crippen LogP contribution in [0.25, 0.3) is 0 Å². The molecule has 2 N–H and O–H groups in total. The van der Waals surface area contributed by atoms with Gasteiger partial charge >= 0.3 is 0 Å². The van der Waals surface area contributed by atoms with Crippen molar-refractivity contribution in [3.05, 3.63) is 15.9 Å². The highest BCUT2D eigenvalue weighted by Gasteiger charge is 2.22. The minimum absolute atomic E-state index is 0.0135. The van der Waals surface area contributed by atoms with Crippen molar-refractivity contribution in [2.75, 3.05) is 13.1 Å². The molecular formula is C9H13BrN2O2S2. The fourth-order valence-corrected chi connectivity index (χ4v) is 4.97. The van der Waals surface area contributed by atoms with Crippen molar-refractivity contribution in [2.24, 2.45) is 0 Å². The van der Waals surface area contributed by atoms with Crippen LogP contribution in [0.1, 0.15) is 12.8 Å². The molecule has 16 heavy (non-hydrogen) atoms. The van der Waals surface area contributed by atoms with Crippen molar-refractivity contribution in [1.29, 1.82) is 0 Å². The van der Waals surface area contributed by atoms with Crippen LogP contribution in [0.2, 0.25) is 0 Å². The van der Waals surface area contributed by atoms with Crippen LogP contribution in [0.4, 0.5) is 0 Å². The summed E-state index contributed by atoms with van der Waals surface area (Å²) in [6, 6.07) is 3.38. The van der Waals surface area contributed by atoms with Crippen molar-refractivity contribution in [3.8, 4) is 0 Å². The summed E-state index contributed by atoms with van der Waals surface area (Å²) in [5.74, 6) is 0. The molecule has 2 heterocycles. The molecule has 1 fully saturated rings. The fourth-order valence-electron chi connectivity index (χ4n) is 1.67. The Morgan fingerprint density at radius 1 is 1.50 bits per heavy atom. The zero-order valence-electron chi connectivity index (χ0n) is 8.57. The summed E-state index contributed by atoms with van der Waals surface area (Å²) >= 11 is 4.49. The first kappa shape index (κ1) is 12.5. The lowest BCUT2D eigenvalue weighted by Crippen LogP contribution is -2.45. The predicted octanol–water partition coefficient (Wildman–Crippen LogP) is 1.54. The first-order valence-corrected chi connectivity index (χ1v) is 8.15. The maximum Gasteiger partial charge on any atom is 0.250 e. The fraction of sp³-hybridized carbons (Fsp3) is 0.556. The summed E-state index contributed by atoms with van der Waals surface area (Å²) in [5.41, 5.74) is 0. The maximum absolute atomic E-state index is 12.0. The van der Waals surface area contributed by atoms with Gasteiger partial charge in [-0.05, 0) is 47.4 Å². The normalized spacial score (nSPS) is 22.2. The van der Waals surface area contributed by atoms with Crippen LogP contribution >= 0.6 is 27.3 Å². The van der Waals surface area contributed by atoms with Crippen LogP contribution in [-0.4, -0.2) is 27.5 Å². The Bertz CT molecular complexity index is 452. The maximum atomic E-state index is 12.0. The summed E-state index contributed by atoms with van der Waals surface area (Å²) in [4.78, 5) is 0. The van der Waals surface area contributed by atoms with E-state index in [1.54, 1.807) is 12.1 Å².